The lowest BCUT2D eigenvalue weighted by atomic mass is 9.89. The molecule has 0 radical (unpaired) electrons. The molecular weight excluding hydrogens is 286 g/mol. The van der Waals surface area contributed by atoms with E-state index in [4.69, 9.17) is 11.6 Å². The van der Waals surface area contributed by atoms with Crippen molar-refractivity contribution in [3.63, 3.8) is 0 Å². The summed E-state index contributed by atoms with van der Waals surface area (Å²) in [5.74, 6) is 3.18. The van der Waals surface area contributed by atoms with Crippen LogP contribution in [0.5, 0.6) is 0 Å². The molecule has 1 aliphatic rings. The second-order valence-corrected chi connectivity index (χ2v) is 6.60. The second kappa shape index (κ2) is 5.79. The molecule has 1 unspecified atom stereocenters. The van der Waals surface area contributed by atoms with Crippen molar-refractivity contribution in [2.75, 3.05) is 18.0 Å². The van der Waals surface area contributed by atoms with Crippen molar-refractivity contribution in [1.29, 1.82) is 0 Å². The van der Waals surface area contributed by atoms with E-state index in [0.717, 1.165) is 36.3 Å². The molecule has 3 heterocycles. The zero-order chi connectivity index (χ0) is 15.0. The maximum atomic E-state index is 6.27. The molecule has 1 atom stereocenters. The third kappa shape index (κ3) is 2.71. The van der Waals surface area contributed by atoms with Gasteiger partial charge >= 0.3 is 0 Å². The Labute approximate surface area is 130 Å². The van der Waals surface area contributed by atoms with E-state index in [-0.39, 0.29) is 0 Å². The highest BCUT2D eigenvalue weighted by atomic mass is 35.5. The highest BCUT2D eigenvalue weighted by Crippen LogP contribution is 2.30. The van der Waals surface area contributed by atoms with E-state index in [1.807, 2.05) is 11.4 Å². The Morgan fingerprint density at radius 3 is 2.86 bits per heavy atom. The summed E-state index contributed by atoms with van der Waals surface area (Å²) in [5.41, 5.74) is 0.984. The van der Waals surface area contributed by atoms with Gasteiger partial charge in [0.15, 0.2) is 0 Å². The molecule has 1 fully saturated rings. The standard InChI is InChI=1S/C15H22ClN5/c1-10(2)12-5-4-7-20(8-6-12)14-11(3)13(16)19-15-17-9-18-21(14)15/h9-10,12H,4-8H2,1-3H3. The first-order valence-corrected chi connectivity index (χ1v) is 8.06. The minimum atomic E-state index is 0.523. The van der Waals surface area contributed by atoms with Crippen LogP contribution in [0.4, 0.5) is 5.82 Å². The topological polar surface area (TPSA) is 46.3 Å². The predicted octanol–water partition coefficient (Wildman–Crippen LogP) is 3.35. The smallest absolute Gasteiger partial charge is 0.255 e. The van der Waals surface area contributed by atoms with Gasteiger partial charge in [-0.15, -0.1) is 0 Å². The lowest BCUT2D eigenvalue weighted by molar-refractivity contribution is 0.351. The van der Waals surface area contributed by atoms with Gasteiger partial charge in [-0.3, -0.25) is 0 Å². The van der Waals surface area contributed by atoms with Crippen LogP contribution in [-0.2, 0) is 0 Å². The Morgan fingerprint density at radius 2 is 2.10 bits per heavy atom. The fraction of sp³-hybridized carbons (Fsp3) is 0.667. The fourth-order valence-electron chi connectivity index (χ4n) is 3.26. The van der Waals surface area contributed by atoms with Gasteiger partial charge in [0.2, 0.25) is 0 Å². The third-order valence-corrected chi connectivity index (χ3v) is 4.96. The number of hydrogen-bond acceptors (Lipinski definition) is 4. The van der Waals surface area contributed by atoms with Gasteiger partial charge in [0.05, 0.1) is 0 Å². The number of rotatable bonds is 2. The van der Waals surface area contributed by atoms with E-state index in [2.05, 4.69) is 33.8 Å². The molecule has 1 saturated heterocycles. The van der Waals surface area contributed by atoms with Crippen LogP contribution >= 0.6 is 11.6 Å². The number of hydrogen-bond donors (Lipinski definition) is 0. The molecular formula is C15H22ClN5. The minimum absolute atomic E-state index is 0.523. The average molecular weight is 308 g/mol. The van der Waals surface area contributed by atoms with Gasteiger partial charge in [-0.05, 0) is 38.0 Å². The molecule has 2 aromatic rings. The van der Waals surface area contributed by atoms with Crippen molar-refractivity contribution in [1.82, 2.24) is 19.6 Å². The summed E-state index contributed by atoms with van der Waals surface area (Å²) in [6, 6.07) is 0. The molecule has 0 spiro atoms. The molecule has 0 bridgehead atoms. The molecule has 2 aromatic heterocycles. The van der Waals surface area contributed by atoms with Crippen LogP contribution in [-0.4, -0.2) is 32.7 Å². The zero-order valence-corrected chi connectivity index (χ0v) is 13.6. The van der Waals surface area contributed by atoms with Crippen LogP contribution in [0.15, 0.2) is 6.33 Å². The molecule has 114 valence electrons. The van der Waals surface area contributed by atoms with Crippen molar-refractivity contribution < 1.29 is 0 Å². The fourth-order valence-corrected chi connectivity index (χ4v) is 3.42. The van der Waals surface area contributed by atoms with Gasteiger partial charge in [-0.2, -0.15) is 19.6 Å². The van der Waals surface area contributed by atoms with Crippen molar-refractivity contribution >= 4 is 23.2 Å². The van der Waals surface area contributed by atoms with Crippen LogP contribution in [0.3, 0.4) is 0 Å². The summed E-state index contributed by atoms with van der Waals surface area (Å²) in [5, 5.41) is 4.85. The zero-order valence-electron chi connectivity index (χ0n) is 12.9. The Balaban J connectivity index is 1.96. The lowest BCUT2D eigenvalue weighted by Crippen LogP contribution is -2.28. The van der Waals surface area contributed by atoms with E-state index in [9.17, 15) is 0 Å². The largest absolute Gasteiger partial charge is 0.356 e. The number of anilines is 1. The minimum Gasteiger partial charge on any atom is -0.356 e. The van der Waals surface area contributed by atoms with E-state index in [1.54, 1.807) is 0 Å². The number of nitrogens with zero attached hydrogens (tertiary/aromatic N) is 5. The Bertz CT molecular complexity index is 636. The van der Waals surface area contributed by atoms with E-state index < -0.39 is 0 Å². The Kier molecular flexibility index (Phi) is 4.02. The van der Waals surface area contributed by atoms with Crippen LogP contribution in [0, 0.1) is 18.8 Å². The maximum Gasteiger partial charge on any atom is 0.255 e. The van der Waals surface area contributed by atoms with E-state index >= 15 is 0 Å². The summed E-state index contributed by atoms with van der Waals surface area (Å²) in [7, 11) is 0. The van der Waals surface area contributed by atoms with Crippen molar-refractivity contribution in [3.8, 4) is 0 Å². The van der Waals surface area contributed by atoms with Gasteiger partial charge in [-0.25, -0.2) is 0 Å². The molecule has 3 rings (SSSR count). The first kappa shape index (κ1) is 14.6. The molecule has 0 saturated carbocycles. The van der Waals surface area contributed by atoms with Gasteiger partial charge in [0.1, 0.15) is 17.3 Å². The lowest BCUT2D eigenvalue weighted by Gasteiger charge is -2.25. The van der Waals surface area contributed by atoms with Crippen LogP contribution in [0.1, 0.15) is 38.7 Å². The second-order valence-electron chi connectivity index (χ2n) is 6.25. The van der Waals surface area contributed by atoms with Crippen LogP contribution < -0.4 is 4.90 Å². The number of halogens is 1. The van der Waals surface area contributed by atoms with Gasteiger partial charge in [0, 0.05) is 18.7 Å². The van der Waals surface area contributed by atoms with E-state index in [1.165, 1.54) is 25.6 Å². The quantitative estimate of drug-likeness (QED) is 0.798. The van der Waals surface area contributed by atoms with Gasteiger partial charge in [-0.1, -0.05) is 25.4 Å². The summed E-state index contributed by atoms with van der Waals surface area (Å²) in [4.78, 5) is 10.9. The molecule has 1 aliphatic heterocycles. The van der Waals surface area contributed by atoms with Gasteiger partial charge in [0.25, 0.3) is 5.78 Å². The van der Waals surface area contributed by atoms with Crippen LogP contribution in [0.2, 0.25) is 5.15 Å². The Hall–Kier alpha value is -1.36. The first-order valence-electron chi connectivity index (χ1n) is 7.68. The molecule has 0 aromatic carbocycles. The summed E-state index contributed by atoms with van der Waals surface area (Å²) in [6.45, 7) is 8.74. The molecule has 6 heteroatoms. The van der Waals surface area contributed by atoms with Crippen molar-refractivity contribution in [3.05, 3.63) is 17.0 Å². The predicted molar refractivity (Wildman–Crippen MR) is 84.9 cm³/mol. The highest BCUT2D eigenvalue weighted by molar-refractivity contribution is 6.30. The highest BCUT2D eigenvalue weighted by Gasteiger charge is 2.23. The molecule has 0 N–H and O–H groups in total. The summed E-state index contributed by atoms with van der Waals surface area (Å²) < 4.78 is 1.82. The first-order chi connectivity index (χ1) is 10.1. The summed E-state index contributed by atoms with van der Waals surface area (Å²) in [6.07, 6.45) is 5.26. The van der Waals surface area contributed by atoms with Crippen molar-refractivity contribution in [2.24, 2.45) is 11.8 Å². The number of aromatic nitrogens is 4. The van der Waals surface area contributed by atoms with Crippen molar-refractivity contribution in [2.45, 2.75) is 40.0 Å². The molecule has 5 nitrogen and oxygen atoms in total. The normalized spacial score (nSPS) is 20.2. The molecule has 0 amide bonds. The maximum absolute atomic E-state index is 6.27. The van der Waals surface area contributed by atoms with Crippen LogP contribution in [0.25, 0.3) is 5.78 Å². The molecule has 21 heavy (non-hydrogen) atoms. The average Bonchev–Trinajstić information content (AvgIpc) is 2.75. The van der Waals surface area contributed by atoms with E-state index in [0.29, 0.717) is 10.9 Å². The Morgan fingerprint density at radius 1 is 1.29 bits per heavy atom. The molecule has 0 aliphatic carbocycles. The third-order valence-electron chi connectivity index (χ3n) is 4.59. The summed E-state index contributed by atoms with van der Waals surface area (Å²) >= 11 is 6.27. The van der Waals surface area contributed by atoms with Gasteiger partial charge < -0.3 is 4.90 Å². The SMILES string of the molecule is Cc1c(Cl)nc2ncnn2c1N1CCCC(C(C)C)CC1. The monoisotopic (exact) mass is 307 g/mol. The number of fused-ring (bicyclic) bond motifs is 1.